The summed E-state index contributed by atoms with van der Waals surface area (Å²) in [5, 5.41) is 10.2. The molecule has 3 rings (SSSR count). The van der Waals surface area contributed by atoms with Gasteiger partial charge in [0, 0.05) is 25.3 Å². The number of nitrogens with one attached hydrogen (secondary N) is 2. The van der Waals surface area contributed by atoms with E-state index in [4.69, 9.17) is 0 Å². The fourth-order valence-electron chi connectivity index (χ4n) is 2.45. The SMILES string of the molecule is CN(C)C(=O)c1cccc(NC(=O)CSc2n[nH]c(/C=C/c3ccccc3)n2)c1. The number of H-pyrrole nitrogens is 1. The van der Waals surface area contributed by atoms with Crippen LogP contribution >= 0.6 is 11.8 Å². The first-order chi connectivity index (χ1) is 14.0. The Labute approximate surface area is 173 Å². The van der Waals surface area contributed by atoms with Crippen LogP contribution in [0, 0.1) is 0 Å². The summed E-state index contributed by atoms with van der Waals surface area (Å²) in [6.45, 7) is 0. The van der Waals surface area contributed by atoms with E-state index in [1.807, 2.05) is 42.5 Å². The highest BCUT2D eigenvalue weighted by Crippen LogP contribution is 2.16. The number of aromatic amines is 1. The maximum absolute atomic E-state index is 12.2. The Morgan fingerprint density at radius 2 is 1.90 bits per heavy atom. The van der Waals surface area contributed by atoms with Crippen molar-refractivity contribution >= 4 is 41.4 Å². The lowest BCUT2D eigenvalue weighted by atomic mass is 10.2. The smallest absolute Gasteiger partial charge is 0.253 e. The zero-order valence-electron chi connectivity index (χ0n) is 16.1. The molecule has 1 aromatic heterocycles. The van der Waals surface area contributed by atoms with Gasteiger partial charge < -0.3 is 10.2 Å². The van der Waals surface area contributed by atoms with E-state index in [1.54, 1.807) is 38.4 Å². The molecule has 148 valence electrons. The second-order valence-electron chi connectivity index (χ2n) is 6.36. The summed E-state index contributed by atoms with van der Waals surface area (Å²) in [5.41, 5.74) is 2.15. The molecule has 2 amide bonds. The molecule has 8 heteroatoms. The fraction of sp³-hybridized carbons (Fsp3) is 0.143. The van der Waals surface area contributed by atoms with Crippen molar-refractivity contribution in [3.63, 3.8) is 0 Å². The van der Waals surface area contributed by atoms with E-state index < -0.39 is 0 Å². The maximum atomic E-state index is 12.2. The summed E-state index contributed by atoms with van der Waals surface area (Å²) >= 11 is 1.23. The Kier molecular flexibility index (Phi) is 6.80. The molecule has 29 heavy (non-hydrogen) atoms. The molecule has 0 bridgehead atoms. The number of aromatic nitrogens is 3. The summed E-state index contributed by atoms with van der Waals surface area (Å²) in [6, 6.07) is 16.7. The van der Waals surface area contributed by atoms with Gasteiger partial charge in [0.15, 0.2) is 0 Å². The molecule has 1 heterocycles. The fourth-order valence-corrected chi connectivity index (χ4v) is 3.06. The van der Waals surface area contributed by atoms with Crippen LogP contribution in [0.1, 0.15) is 21.7 Å². The number of nitrogens with zero attached hydrogens (tertiary/aromatic N) is 3. The monoisotopic (exact) mass is 407 g/mol. The highest BCUT2D eigenvalue weighted by molar-refractivity contribution is 7.99. The molecule has 0 saturated heterocycles. The topological polar surface area (TPSA) is 91.0 Å². The number of hydrogen-bond acceptors (Lipinski definition) is 5. The number of carbonyl (C=O) groups is 2. The first kappa shape index (κ1) is 20.3. The molecule has 3 aromatic rings. The van der Waals surface area contributed by atoms with Crippen LogP contribution in [0.5, 0.6) is 0 Å². The molecule has 2 aromatic carbocycles. The normalized spacial score (nSPS) is 10.8. The zero-order chi connectivity index (χ0) is 20.6. The number of anilines is 1. The average Bonchev–Trinajstić information content (AvgIpc) is 3.19. The number of amides is 2. The van der Waals surface area contributed by atoms with Gasteiger partial charge >= 0.3 is 0 Å². The van der Waals surface area contributed by atoms with Gasteiger partial charge in [0.2, 0.25) is 11.1 Å². The summed E-state index contributed by atoms with van der Waals surface area (Å²) in [5.74, 6) is 0.459. The van der Waals surface area contributed by atoms with Crippen LogP contribution in [-0.2, 0) is 4.79 Å². The van der Waals surface area contributed by atoms with E-state index in [9.17, 15) is 9.59 Å². The van der Waals surface area contributed by atoms with Crippen LogP contribution in [0.2, 0.25) is 0 Å². The molecule has 0 atom stereocenters. The van der Waals surface area contributed by atoms with Crippen molar-refractivity contribution in [2.24, 2.45) is 0 Å². The van der Waals surface area contributed by atoms with Gasteiger partial charge in [0.25, 0.3) is 5.91 Å². The van der Waals surface area contributed by atoms with E-state index in [-0.39, 0.29) is 17.6 Å². The maximum Gasteiger partial charge on any atom is 0.253 e. The minimum Gasteiger partial charge on any atom is -0.345 e. The van der Waals surface area contributed by atoms with Gasteiger partial charge in [-0.2, -0.15) is 0 Å². The van der Waals surface area contributed by atoms with Crippen molar-refractivity contribution in [1.82, 2.24) is 20.1 Å². The molecular formula is C21H21N5O2S. The average molecular weight is 407 g/mol. The Morgan fingerprint density at radius 1 is 1.10 bits per heavy atom. The predicted octanol–water partition coefficient (Wildman–Crippen LogP) is 3.41. The van der Waals surface area contributed by atoms with E-state index in [1.165, 1.54) is 16.7 Å². The number of rotatable bonds is 7. The van der Waals surface area contributed by atoms with Crippen molar-refractivity contribution in [2.45, 2.75) is 5.16 Å². The number of thioether (sulfide) groups is 1. The van der Waals surface area contributed by atoms with Crippen molar-refractivity contribution < 1.29 is 9.59 Å². The Morgan fingerprint density at radius 3 is 2.66 bits per heavy atom. The van der Waals surface area contributed by atoms with Gasteiger partial charge in [-0.1, -0.05) is 54.2 Å². The second-order valence-corrected chi connectivity index (χ2v) is 7.31. The van der Waals surface area contributed by atoms with Crippen LogP contribution in [-0.4, -0.2) is 51.7 Å². The summed E-state index contributed by atoms with van der Waals surface area (Å²) in [4.78, 5) is 30.1. The van der Waals surface area contributed by atoms with E-state index >= 15 is 0 Å². The third-order valence-corrected chi connectivity index (χ3v) is 4.69. The predicted molar refractivity (Wildman–Crippen MR) is 116 cm³/mol. The van der Waals surface area contributed by atoms with Crippen LogP contribution in [0.4, 0.5) is 5.69 Å². The summed E-state index contributed by atoms with van der Waals surface area (Å²) in [6.07, 6.45) is 3.77. The van der Waals surface area contributed by atoms with Crippen molar-refractivity contribution in [3.05, 3.63) is 71.5 Å². The van der Waals surface area contributed by atoms with E-state index in [2.05, 4.69) is 20.5 Å². The minimum atomic E-state index is -0.198. The van der Waals surface area contributed by atoms with Gasteiger partial charge in [-0.3, -0.25) is 14.7 Å². The number of hydrogen-bond donors (Lipinski definition) is 2. The molecule has 2 N–H and O–H groups in total. The lowest BCUT2D eigenvalue weighted by Gasteiger charge is -2.11. The molecule has 0 saturated carbocycles. The third kappa shape index (κ3) is 6.05. The van der Waals surface area contributed by atoms with Crippen molar-refractivity contribution in [2.75, 3.05) is 25.2 Å². The van der Waals surface area contributed by atoms with E-state index in [0.29, 0.717) is 22.2 Å². The highest BCUT2D eigenvalue weighted by Gasteiger charge is 2.11. The van der Waals surface area contributed by atoms with Gasteiger partial charge in [0.1, 0.15) is 5.82 Å². The molecule has 0 spiro atoms. The minimum absolute atomic E-state index is 0.118. The molecule has 0 unspecified atom stereocenters. The van der Waals surface area contributed by atoms with E-state index in [0.717, 1.165) is 5.56 Å². The van der Waals surface area contributed by atoms with Crippen LogP contribution in [0.15, 0.2) is 59.8 Å². The number of benzene rings is 2. The molecular weight excluding hydrogens is 386 g/mol. The lowest BCUT2D eigenvalue weighted by Crippen LogP contribution is -2.22. The standard InChI is InChI=1S/C21H21N5O2S/c1-26(2)20(28)16-9-6-10-17(13-16)22-19(27)14-29-21-23-18(24-25-21)12-11-15-7-4-3-5-8-15/h3-13H,14H2,1-2H3,(H,22,27)(H,23,24,25)/b12-11+. The van der Waals surface area contributed by atoms with Crippen molar-refractivity contribution in [1.29, 1.82) is 0 Å². The first-order valence-electron chi connectivity index (χ1n) is 8.91. The molecule has 0 aliphatic heterocycles. The van der Waals surface area contributed by atoms with Gasteiger partial charge in [-0.05, 0) is 29.8 Å². The van der Waals surface area contributed by atoms with Crippen molar-refractivity contribution in [3.8, 4) is 0 Å². The van der Waals surface area contributed by atoms with Crippen LogP contribution in [0.3, 0.4) is 0 Å². The highest BCUT2D eigenvalue weighted by atomic mass is 32.2. The third-order valence-electron chi connectivity index (χ3n) is 3.85. The van der Waals surface area contributed by atoms with Gasteiger partial charge in [-0.15, -0.1) is 5.10 Å². The van der Waals surface area contributed by atoms with Gasteiger partial charge in [-0.25, -0.2) is 4.98 Å². The number of carbonyl (C=O) groups excluding carboxylic acids is 2. The molecule has 7 nitrogen and oxygen atoms in total. The summed E-state index contributed by atoms with van der Waals surface area (Å²) < 4.78 is 0. The summed E-state index contributed by atoms with van der Waals surface area (Å²) in [7, 11) is 3.37. The quantitative estimate of drug-likeness (QED) is 0.586. The molecule has 0 radical (unpaired) electrons. The Bertz CT molecular complexity index is 1010. The van der Waals surface area contributed by atoms with Crippen LogP contribution in [0.25, 0.3) is 12.2 Å². The van der Waals surface area contributed by atoms with Gasteiger partial charge in [0.05, 0.1) is 5.75 Å². The lowest BCUT2D eigenvalue weighted by molar-refractivity contribution is -0.113. The zero-order valence-corrected chi connectivity index (χ0v) is 16.9. The molecule has 0 aliphatic carbocycles. The Balaban J connectivity index is 1.52. The first-order valence-corrected chi connectivity index (χ1v) is 9.90. The largest absolute Gasteiger partial charge is 0.345 e. The second kappa shape index (κ2) is 9.70. The molecule has 0 fully saturated rings. The van der Waals surface area contributed by atoms with Crippen LogP contribution < -0.4 is 5.32 Å². The Hall–Kier alpha value is -3.39. The molecule has 0 aliphatic rings.